The van der Waals surface area contributed by atoms with Gasteiger partial charge in [-0.1, -0.05) is 18.5 Å². The highest BCUT2D eigenvalue weighted by Gasteiger charge is 2.27. The number of nitrogens with two attached hydrogens (primary N) is 1. The third-order valence-electron chi connectivity index (χ3n) is 3.14. The molecule has 0 aliphatic heterocycles. The molecule has 1 amide bonds. The highest BCUT2D eigenvalue weighted by Crippen LogP contribution is 2.24. The molecule has 86 valence electrons. The first-order valence-corrected chi connectivity index (χ1v) is 5.34. The van der Waals surface area contributed by atoms with Crippen LogP contribution in [0.1, 0.15) is 33.1 Å². The Morgan fingerprint density at radius 3 is 2.73 bits per heavy atom. The van der Waals surface area contributed by atoms with Crippen molar-refractivity contribution in [2.24, 2.45) is 22.7 Å². The maximum absolute atomic E-state index is 11.7. The topological polar surface area (TPSA) is 87.7 Å². The lowest BCUT2D eigenvalue weighted by molar-refractivity contribution is -0.123. The van der Waals surface area contributed by atoms with Gasteiger partial charge in [-0.25, -0.2) is 0 Å². The zero-order chi connectivity index (χ0) is 11.4. The zero-order valence-corrected chi connectivity index (χ0v) is 9.23. The fourth-order valence-corrected chi connectivity index (χ4v) is 1.89. The summed E-state index contributed by atoms with van der Waals surface area (Å²) >= 11 is 0. The predicted molar refractivity (Wildman–Crippen MR) is 57.5 cm³/mol. The number of carbonyl (C=O) groups is 1. The Kier molecular flexibility index (Phi) is 3.94. The van der Waals surface area contributed by atoms with E-state index in [0.717, 1.165) is 19.3 Å². The molecule has 3 unspecified atom stereocenters. The zero-order valence-electron chi connectivity index (χ0n) is 9.23. The number of amides is 1. The van der Waals surface area contributed by atoms with Gasteiger partial charge in [0.05, 0.1) is 5.92 Å². The third-order valence-corrected chi connectivity index (χ3v) is 3.14. The molecule has 0 radical (unpaired) electrons. The van der Waals surface area contributed by atoms with E-state index >= 15 is 0 Å². The summed E-state index contributed by atoms with van der Waals surface area (Å²) < 4.78 is 0. The summed E-state index contributed by atoms with van der Waals surface area (Å²) in [6, 6.07) is 0.242. The second-order valence-electron chi connectivity index (χ2n) is 4.27. The van der Waals surface area contributed by atoms with Gasteiger partial charge >= 0.3 is 0 Å². The van der Waals surface area contributed by atoms with Gasteiger partial charge in [0.1, 0.15) is 0 Å². The van der Waals surface area contributed by atoms with Crippen LogP contribution < -0.4 is 11.1 Å². The van der Waals surface area contributed by atoms with E-state index in [1.54, 1.807) is 6.92 Å². The predicted octanol–water partition coefficient (Wildman–Crippen LogP) is 0.674. The molecule has 1 aliphatic rings. The third kappa shape index (κ3) is 2.84. The van der Waals surface area contributed by atoms with Gasteiger partial charge in [-0.3, -0.25) is 4.79 Å². The second kappa shape index (κ2) is 5.00. The molecule has 1 saturated carbocycles. The van der Waals surface area contributed by atoms with E-state index in [-0.39, 0.29) is 17.8 Å². The minimum atomic E-state index is -0.567. The van der Waals surface area contributed by atoms with Crippen molar-refractivity contribution in [1.29, 1.82) is 0 Å². The molecule has 3 atom stereocenters. The van der Waals surface area contributed by atoms with Gasteiger partial charge in [0.25, 0.3) is 0 Å². The average Bonchev–Trinajstić information content (AvgIpc) is 2.62. The fourth-order valence-electron chi connectivity index (χ4n) is 1.89. The minimum absolute atomic E-state index is 0.0434. The molecule has 0 aromatic carbocycles. The Morgan fingerprint density at radius 1 is 1.60 bits per heavy atom. The Labute approximate surface area is 89.7 Å². The molecule has 5 heteroatoms. The summed E-state index contributed by atoms with van der Waals surface area (Å²) in [4.78, 5) is 11.7. The van der Waals surface area contributed by atoms with E-state index in [4.69, 9.17) is 10.9 Å². The largest absolute Gasteiger partial charge is 0.409 e. The van der Waals surface area contributed by atoms with E-state index in [1.807, 2.05) is 0 Å². The number of amidine groups is 1. The normalized spacial score (nSPS) is 28.8. The van der Waals surface area contributed by atoms with E-state index in [1.165, 1.54) is 0 Å². The Balaban J connectivity index is 2.48. The Bertz CT molecular complexity index is 265. The van der Waals surface area contributed by atoms with Crippen LogP contribution in [-0.4, -0.2) is 23.0 Å². The van der Waals surface area contributed by atoms with Crippen LogP contribution in [0.25, 0.3) is 0 Å². The standard InChI is InChI=1S/C10H19N3O2/c1-6-4-3-5-8(6)12-10(14)7(2)9(11)13-15/h6-8,15H,3-5H2,1-2H3,(H2,11,13)(H,12,14). The van der Waals surface area contributed by atoms with Gasteiger partial charge in [0.15, 0.2) is 5.84 Å². The number of hydrogen-bond acceptors (Lipinski definition) is 3. The van der Waals surface area contributed by atoms with E-state index < -0.39 is 5.92 Å². The summed E-state index contributed by atoms with van der Waals surface area (Å²) in [5, 5.41) is 14.2. The molecule has 1 fully saturated rings. The molecule has 5 nitrogen and oxygen atoms in total. The van der Waals surface area contributed by atoms with Crippen molar-refractivity contribution in [3.05, 3.63) is 0 Å². The van der Waals surface area contributed by atoms with Gasteiger partial charge in [0, 0.05) is 6.04 Å². The number of nitrogens with one attached hydrogen (secondary N) is 1. The minimum Gasteiger partial charge on any atom is -0.409 e. The number of oxime groups is 1. The first-order valence-electron chi connectivity index (χ1n) is 5.34. The first kappa shape index (κ1) is 11.8. The van der Waals surface area contributed by atoms with Crippen molar-refractivity contribution in [2.75, 3.05) is 0 Å². The Hall–Kier alpha value is -1.26. The molecule has 15 heavy (non-hydrogen) atoms. The SMILES string of the molecule is CC(C(=O)NC1CCCC1C)C(N)=NO. The van der Waals surface area contributed by atoms with Crippen molar-refractivity contribution in [3.63, 3.8) is 0 Å². The maximum atomic E-state index is 11.7. The quantitative estimate of drug-likeness (QED) is 0.279. The van der Waals surface area contributed by atoms with Crippen LogP contribution in [0.3, 0.4) is 0 Å². The van der Waals surface area contributed by atoms with Crippen LogP contribution in [0.15, 0.2) is 5.16 Å². The van der Waals surface area contributed by atoms with Crippen LogP contribution in [0.4, 0.5) is 0 Å². The second-order valence-corrected chi connectivity index (χ2v) is 4.27. The summed E-state index contributed by atoms with van der Waals surface area (Å²) in [5.41, 5.74) is 5.37. The van der Waals surface area contributed by atoms with Gasteiger partial charge in [-0.2, -0.15) is 0 Å². The number of hydrogen-bond donors (Lipinski definition) is 3. The van der Waals surface area contributed by atoms with Crippen molar-refractivity contribution in [3.8, 4) is 0 Å². The fraction of sp³-hybridized carbons (Fsp3) is 0.800. The van der Waals surface area contributed by atoms with Crippen molar-refractivity contribution < 1.29 is 10.0 Å². The van der Waals surface area contributed by atoms with Crippen LogP contribution in [-0.2, 0) is 4.79 Å². The molecule has 0 aromatic heterocycles. The lowest BCUT2D eigenvalue weighted by Crippen LogP contribution is -2.43. The molecule has 0 bridgehead atoms. The first-order chi connectivity index (χ1) is 7.06. The summed E-state index contributed by atoms with van der Waals surface area (Å²) in [7, 11) is 0. The highest BCUT2D eigenvalue weighted by molar-refractivity contribution is 6.01. The molecule has 0 saturated heterocycles. The van der Waals surface area contributed by atoms with Crippen LogP contribution in [0.5, 0.6) is 0 Å². The molecule has 1 rings (SSSR count). The summed E-state index contributed by atoms with van der Waals surface area (Å²) in [6.07, 6.45) is 3.34. The monoisotopic (exact) mass is 213 g/mol. The molecule has 1 aliphatic carbocycles. The lowest BCUT2D eigenvalue weighted by atomic mass is 10.0. The molecule has 0 aromatic rings. The van der Waals surface area contributed by atoms with E-state index in [9.17, 15) is 4.79 Å². The molecule has 0 spiro atoms. The van der Waals surface area contributed by atoms with Crippen LogP contribution in [0.2, 0.25) is 0 Å². The summed E-state index contributed by atoms with van der Waals surface area (Å²) in [5.74, 6) is -0.251. The molecule has 0 heterocycles. The van der Waals surface area contributed by atoms with E-state index in [0.29, 0.717) is 5.92 Å². The number of carbonyl (C=O) groups excluding carboxylic acids is 1. The van der Waals surface area contributed by atoms with Gasteiger partial charge in [-0.15, -0.1) is 0 Å². The van der Waals surface area contributed by atoms with Crippen molar-refractivity contribution in [1.82, 2.24) is 5.32 Å². The Morgan fingerprint density at radius 2 is 2.27 bits per heavy atom. The van der Waals surface area contributed by atoms with Crippen LogP contribution in [0, 0.1) is 11.8 Å². The van der Waals surface area contributed by atoms with Crippen LogP contribution >= 0.6 is 0 Å². The van der Waals surface area contributed by atoms with Gasteiger partial charge in [0.2, 0.25) is 5.91 Å². The molecule has 4 N–H and O–H groups in total. The average molecular weight is 213 g/mol. The molecular weight excluding hydrogens is 194 g/mol. The number of nitrogens with zero attached hydrogens (tertiary/aromatic N) is 1. The number of rotatable bonds is 3. The van der Waals surface area contributed by atoms with Crippen molar-refractivity contribution in [2.45, 2.75) is 39.2 Å². The lowest BCUT2D eigenvalue weighted by Gasteiger charge is -2.19. The maximum Gasteiger partial charge on any atom is 0.230 e. The van der Waals surface area contributed by atoms with E-state index in [2.05, 4.69) is 17.4 Å². The molecular formula is C10H19N3O2. The smallest absolute Gasteiger partial charge is 0.230 e. The highest BCUT2D eigenvalue weighted by atomic mass is 16.4. The van der Waals surface area contributed by atoms with Crippen molar-refractivity contribution >= 4 is 11.7 Å². The van der Waals surface area contributed by atoms with Gasteiger partial charge < -0.3 is 16.3 Å². The summed E-state index contributed by atoms with van der Waals surface area (Å²) in [6.45, 7) is 3.76. The van der Waals surface area contributed by atoms with Gasteiger partial charge in [-0.05, 0) is 25.7 Å².